The average Bonchev–Trinajstić information content (AvgIpc) is 2.59. The summed E-state index contributed by atoms with van der Waals surface area (Å²) in [6.45, 7) is 6.75. The number of nitrogens with zero attached hydrogens (tertiary/aromatic N) is 2. The van der Waals surface area contributed by atoms with Crippen LogP contribution in [0.1, 0.15) is 38.4 Å². The summed E-state index contributed by atoms with van der Waals surface area (Å²) in [7, 11) is 2.13. The minimum absolute atomic E-state index is 0.315. The number of anilines is 1. The van der Waals surface area contributed by atoms with Crippen molar-refractivity contribution >= 4 is 5.69 Å². The first kappa shape index (κ1) is 15.3. The summed E-state index contributed by atoms with van der Waals surface area (Å²) in [4.78, 5) is 4.60. The summed E-state index contributed by atoms with van der Waals surface area (Å²) in [5.41, 5.74) is 1.28. The molecule has 2 unspecified atom stereocenters. The molecule has 0 spiro atoms. The van der Waals surface area contributed by atoms with Crippen LogP contribution >= 0.6 is 0 Å². The molecule has 0 bridgehead atoms. The number of benzene rings is 1. The predicted molar refractivity (Wildman–Crippen MR) is 80.6 cm³/mol. The smallest absolute Gasteiger partial charge is 0.131 e. The van der Waals surface area contributed by atoms with Crippen molar-refractivity contribution in [2.75, 3.05) is 31.6 Å². The van der Waals surface area contributed by atoms with E-state index in [1.165, 1.54) is 6.07 Å². The Bertz CT molecular complexity index is 450. The van der Waals surface area contributed by atoms with Gasteiger partial charge in [-0.2, -0.15) is 0 Å². The topological polar surface area (TPSA) is 26.7 Å². The van der Waals surface area contributed by atoms with E-state index in [0.29, 0.717) is 11.6 Å². The summed E-state index contributed by atoms with van der Waals surface area (Å²) in [5.74, 6) is -0.315. The van der Waals surface area contributed by atoms with Gasteiger partial charge in [0.2, 0.25) is 0 Å². The fraction of sp³-hybridized carbons (Fsp3) is 0.625. The van der Waals surface area contributed by atoms with Gasteiger partial charge >= 0.3 is 0 Å². The second-order valence-electron chi connectivity index (χ2n) is 5.72. The fourth-order valence-electron chi connectivity index (χ4n) is 3.10. The monoisotopic (exact) mass is 280 g/mol. The zero-order valence-corrected chi connectivity index (χ0v) is 12.6. The van der Waals surface area contributed by atoms with Crippen LogP contribution in [0.15, 0.2) is 18.2 Å². The Labute approximate surface area is 121 Å². The van der Waals surface area contributed by atoms with Crippen molar-refractivity contribution in [3.63, 3.8) is 0 Å². The van der Waals surface area contributed by atoms with Crippen LogP contribution < -0.4 is 4.90 Å². The largest absolute Gasteiger partial charge is 0.389 e. The lowest BCUT2D eigenvalue weighted by Crippen LogP contribution is -2.40. The lowest BCUT2D eigenvalue weighted by atomic mass is 10.0. The Hall–Kier alpha value is -1.13. The SMILES string of the molecule is CCC1CN(C)CCCN1c1cccc(F)c1C(C)O. The normalized spacial score (nSPS) is 22.6. The van der Waals surface area contributed by atoms with Crippen LogP contribution in [-0.2, 0) is 0 Å². The molecule has 1 aliphatic rings. The van der Waals surface area contributed by atoms with Crippen molar-refractivity contribution in [1.82, 2.24) is 4.90 Å². The molecular weight excluding hydrogens is 255 g/mol. The van der Waals surface area contributed by atoms with Crippen molar-refractivity contribution in [3.05, 3.63) is 29.6 Å². The van der Waals surface area contributed by atoms with Gasteiger partial charge in [-0.05, 0) is 45.5 Å². The number of hydrogen-bond acceptors (Lipinski definition) is 3. The molecule has 0 aromatic heterocycles. The van der Waals surface area contributed by atoms with E-state index in [-0.39, 0.29) is 5.82 Å². The van der Waals surface area contributed by atoms with Gasteiger partial charge in [0.1, 0.15) is 5.82 Å². The molecule has 4 heteroatoms. The van der Waals surface area contributed by atoms with Gasteiger partial charge in [0.25, 0.3) is 0 Å². The van der Waals surface area contributed by atoms with Crippen molar-refractivity contribution in [1.29, 1.82) is 0 Å². The minimum atomic E-state index is -0.787. The fourth-order valence-corrected chi connectivity index (χ4v) is 3.10. The van der Waals surface area contributed by atoms with Crippen molar-refractivity contribution in [3.8, 4) is 0 Å². The molecule has 0 amide bonds. The molecular formula is C16H25FN2O. The molecule has 0 aliphatic carbocycles. The van der Waals surface area contributed by atoms with Gasteiger partial charge in [-0.1, -0.05) is 13.0 Å². The molecule has 0 saturated carbocycles. The first-order valence-electron chi connectivity index (χ1n) is 7.46. The molecule has 1 N–H and O–H groups in total. The Kier molecular flexibility index (Phi) is 5.00. The van der Waals surface area contributed by atoms with Crippen LogP contribution in [-0.4, -0.2) is 42.7 Å². The zero-order chi connectivity index (χ0) is 14.7. The van der Waals surface area contributed by atoms with Gasteiger partial charge in [-0.15, -0.1) is 0 Å². The maximum atomic E-state index is 14.1. The maximum absolute atomic E-state index is 14.1. The highest BCUT2D eigenvalue weighted by molar-refractivity contribution is 5.56. The van der Waals surface area contributed by atoms with Gasteiger partial charge in [0, 0.05) is 30.4 Å². The molecule has 1 heterocycles. The lowest BCUT2D eigenvalue weighted by molar-refractivity contribution is 0.194. The second-order valence-corrected chi connectivity index (χ2v) is 5.72. The third-order valence-corrected chi connectivity index (χ3v) is 4.13. The van der Waals surface area contributed by atoms with E-state index >= 15 is 0 Å². The highest BCUT2D eigenvalue weighted by Gasteiger charge is 2.26. The van der Waals surface area contributed by atoms with Crippen molar-refractivity contribution in [2.24, 2.45) is 0 Å². The number of likely N-dealkylation sites (N-methyl/N-ethyl adjacent to an activating group) is 1. The van der Waals surface area contributed by atoms with Gasteiger partial charge in [-0.25, -0.2) is 4.39 Å². The third-order valence-electron chi connectivity index (χ3n) is 4.13. The van der Waals surface area contributed by atoms with Crippen LogP contribution in [0.2, 0.25) is 0 Å². The van der Waals surface area contributed by atoms with Crippen molar-refractivity contribution < 1.29 is 9.50 Å². The molecule has 1 aliphatic heterocycles. The van der Waals surface area contributed by atoms with E-state index < -0.39 is 6.10 Å². The second kappa shape index (κ2) is 6.55. The standard InChI is InChI=1S/C16H25FN2O/c1-4-13-11-18(3)9-6-10-19(13)15-8-5-7-14(17)16(15)12(2)20/h5,7-8,12-13,20H,4,6,9-11H2,1-3H3. The maximum Gasteiger partial charge on any atom is 0.131 e. The van der Waals surface area contributed by atoms with Gasteiger partial charge in [-0.3, -0.25) is 0 Å². The molecule has 20 heavy (non-hydrogen) atoms. The van der Waals surface area contributed by atoms with E-state index in [0.717, 1.165) is 38.2 Å². The molecule has 1 aromatic carbocycles. The van der Waals surface area contributed by atoms with E-state index in [9.17, 15) is 9.50 Å². The molecule has 0 radical (unpaired) electrons. The molecule has 1 fully saturated rings. The van der Waals surface area contributed by atoms with E-state index in [1.807, 2.05) is 6.07 Å². The zero-order valence-electron chi connectivity index (χ0n) is 12.6. The molecule has 1 aromatic rings. The quantitative estimate of drug-likeness (QED) is 0.922. The third kappa shape index (κ3) is 3.13. The van der Waals surface area contributed by atoms with Gasteiger partial charge in [0.05, 0.1) is 6.10 Å². The van der Waals surface area contributed by atoms with E-state index in [1.54, 1.807) is 13.0 Å². The molecule has 2 atom stereocenters. The predicted octanol–water partition coefficient (Wildman–Crippen LogP) is 2.80. The molecule has 3 nitrogen and oxygen atoms in total. The number of aliphatic hydroxyl groups is 1. The lowest BCUT2D eigenvalue weighted by Gasteiger charge is -2.34. The average molecular weight is 280 g/mol. The van der Waals surface area contributed by atoms with E-state index in [2.05, 4.69) is 23.8 Å². The van der Waals surface area contributed by atoms with Gasteiger partial charge in [0.15, 0.2) is 0 Å². The van der Waals surface area contributed by atoms with E-state index in [4.69, 9.17) is 0 Å². The Balaban J connectivity index is 2.40. The first-order valence-corrected chi connectivity index (χ1v) is 7.46. The summed E-state index contributed by atoms with van der Waals surface area (Å²) >= 11 is 0. The minimum Gasteiger partial charge on any atom is -0.389 e. The highest BCUT2D eigenvalue weighted by Crippen LogP contribution is 2.31. The van der Waals surface area contributed by atoms with Crippen molar-refractivity contribution in [2.45, 2.75) is 38.8 Å². The van der Waals surface area contributed by atoms with Gasteiger partial charge < -0.3 is 14.9 Å². The molecule has 112 valence electrons. The number of halogens is 1. The number of rotatable bonds is 3. The van der Waals surface area contributed by atoms with Crippen LogP contribution in [0.4, 0.5) is 10.1 Å². The Morgan fingerprint density at radius 2 is 2.15 bits per heavy atom. The van der Waals surface area contributed by atoms with Crippen LogP contribution in [0.25, 0.3) is 0 Å². The number of aliphatic hydroxyl groups excluding tert-OH is 1. The summed E-state index contributed by atoms with van der Waals surface area (Å²) in [6, 6.07) is 5.45. The molecule has 2 rings (SSSR count). The summed E-state index contributed by atoms with van der Waals surface area (Å²) < 4.78 is 14.1. The Morgan fingerprint density at radius 3 is 2.80 bits per heavy atom. The number of hydrogen-bond donors (Lipinski definition) is 1. The first-order chi connectivity index (χ1) is 9.54. The highest BCUT2D eigenvalue weighted by atomic mass is 19.1. The summed E-state index contributed by atoms with van der Waals surface area (Å²) in [6.07, 6.45) is 1.28. The molecule has 1 saturated heterocycles. The van der Waals surface area contributed by atoms with Crippen LogP contribution in [0, 0.1) is 5.82 Å². The Morgan fingerprint density at radius 1 is 1.40 bits per heavy atom. The van der Waals surface area contributed by atoms with Crippen LogP contribution in [0.3, 0.4) is 0 Å². The van der Waals surface area contributed by atoms with Crippen LogP contribution in [0.5, 0.6) is 0 Å². The summed E-state index contributed by atoms with van der Waals surface area (Å²) in [5, 5.41) is 9.92.